The Morgan fingerprint density at radius 3 is 1.88 bits per heavy atom. The van der Waals surface area contributed by atoms with E-state index in [1.807, 2.05) is 0 Å². The second-order valence-electron chi connectivity index (χ2n) is 4.33. The molecule has 0 amide bonds. The second-order valence-corrected chi connectivity index (χ2v) is 7.46. The van der Waals surface area contributed by atoms with Gasteiger partial charge in [-0.3, -0.25) is 0 Å². The summed E-state index contributed by atoms with van der Waals surface area (Å²) in [6, 6.07) is 0. The van der Waals surface area contributed by atoms with Gasteiger partial charge in [0, 0.05) is 11.8 Å². The molecular formula is C12H22Cl4. The highest BCUT2D eigenvalue weighted by molar-refractivity contribution is 6.67. The van der Waals surface area contributed by atoms with Gasteiger partial charge in [0.15, 0.2) is 3.79 Å². The maximum absolute atomic E-state index is 6.07. The smallest absolute Gasteiger partial charge is 0.123 e. The van der Waals surface area contributed by atoms with Crippen LogP contribution >= 0.6 is 46.4 Å². The highest BCUT2D eigenvalue weighted by Crippen LogP contribution is 2.34. The monoisotopic (exact) mass is 306 g/mol. The Kier molecular flexibility index (Phi) is 10.9. The first-order chi connectivity index (χ1) is 7.45. The van der Waals surface area contributed by atoms with Gasteiger partial charge >= 0.3 is 0 Å². The highest BCUT2D eigenvalue weighted by atomic mass is 35.6. The molecule has 1 unspecified atom stereocenters. The van der Waals surface area contributed by atoms with E-state index in [-0.39, 0.29) is 5.38 Å². The minimum Gasteiger partial charge on any atom is -0.123 e. The molecule has 0 aliphatic heterocycles. The first-order valence-electron chi connectivity index (χ1n) is 6.16. The zero-order chi connectivity index (χ0) is 12.4. The van der Waals surface area contributed by atoms with Crippen LogP contribution in [0.1, 0.15) is 64.7 Å². The predicted molar refractivity (Wildman–Crippen MR) is 77.2 cm³/mol. The van der Waals surface area contributed by atoms with Crippen molar-refractivity contribution >= 4 is 46.4 Å². The molecule has 0 heterocycles. The summed E-state index contributed by atoms with van der Waals surface area (Å²) in [7, 11) is 0. The standard InChI is InChI=1S/C12H22Cl4/c1-2-3-4-5-6-7-8-9-11(13)10-12(14,15)16/h11H,2-10H2,1H3. The summed E-state index contributed by atoms with van der Waals surface area (Å²) in [5.74, 6) is 0. The molecule has 0 saturated carbocycles. The van der Waals surface area contributed by atoms with Gasteiger partial charge in [-0.25, -0.2) is 0 Å². The van der Waals surface area contributed by atoms with Gasteiger partial charge in [-0.05, 0) is 6.42 Å². The molecule has 0 aromatic heterocycles. The number of rotatable bonds is 9. The lowest BCUT2D eigenvalue weighted by Crippen LogP contribution is -2.11. The van der Waals surface area contributed by atoms with Crippen molar-refractivity contribution in [1.82, 2.24) is 0 Å². The molecule has 0 N–H and O–H groups in total. The molecule has 0 saturated heterocycles. The Bertz CT molecular complexity index is 154. The van der Waals surface area contributed by atoms with Crippen molar-refractivity contribution in [2.24, 2.45) is 0 Å². The van der Waals surface area contributed by atoms with Crippen LogP contribution in [0.3, 0.4) is 0 Å². The van der Waals surface area contributed by atoms with Gasteiger partial charge in [0.25, 0.3) is 0 Å². The summed E-state index contributed by atoms with van der Waals surface area (Å²) in [6.07, 6.45) is 10.4. The van der Waals surface area contributed by atoms with Gasteiger partial charge in [0.2, 0.25) is 0 Å². The van der Waals surface area contributed by atoms with Gasteiger partial charge in [-0.15, -0.1) is 11.6 Å². The van der Waals surface area contributed by atoms with E-state index in [1.54, 1.807) is 0 Å². The summed E-state index contributed by atoms with van der Waals surface area (Å²) in [5, 5.41) is -0.0110. The molecule has 98 valence electrons. The van der Waals surface area contributed by atoms with E-state index in [9.17, 15) is 0 Å². The molecule has 0 bridgehead atoms. The SMILES string of the molecule is CCCCCCCCCC(Cl)CC(Cl)(Cl)Cl. The largest absolute Gasteiger partial charge is 0.192 e. The van der Waals surface area contributed by atoms with Gasteiger partial charge in [0.05, 0.1) is 0 Å². The van der Waals surface area contributed by atoms with E-state index < -0.39 is 3.79 Å². The summed E-state index contributed by atoms with van der Waals surface area (Å²) < 4.78 is -1.20. The summed E-state index contributed by atoms with van der Waals surface area (Å²) in [6.45, 7) is 2.23. The first-order valence-corrected chi connectivity index (χ1v) is 7.73. The molecule has 0 rings (SSSR count). The van der Waals surface area contributed by atoms with Crippen LogP contribution in [0.5, 0.6) is 0 Å². The molecule has 0 fully saturated rings. The van der Waals surface area contributed by atoms with Crippen molar-refractivity contribution in [1.29, 1.82) is 0 Å². The highest BCUT2D eigenvalue weighted by Gasteiger charge is 2.23. The van der Waals surface area contributed by atoms with Crippen LogP contribution in [-0.2, 0) is 0 Å². The molecule has 0 nitrogen and oxygen atoms in total. The van der Waals surface area contributed by atoms with Crippen LogP contribution in [0.15, 0.2) is 0 Å². The number of hydrogen-bond acceptors (Lipinski definition) is 0. The van der Waals surface area contributed by atoms with E-state index in [4.69, 9.17) is 46.4 Å². The fourth-order valence-corrected chi connectivity index (χ4v) is 2.86. The van der Waals surface area contributed by atoms with Gasteiger partial charge in [0.1, 0.15) is 0 Å². The van der Waals surface area contributed by atoms with Crippen LogP contribution in [-0.4, -0.2) is 9.17 Å². The quantitative estimate of drug-likeness (QED) is 0.337. The average Bonchev–Trinajstić information content (AvgIpc) is 2.13. The Labute approximate surface area is 120 Å². The minimum absolute atomic E-state index is 0.0110. The maximum atomic E-state index is 6.07. The molecular weight excluding hydrogens is 286 g/mol. The van der Waals surface area contributed by atoms with Crippen LogP contribution < -0.4 is 0 Å². The van der Waals surface area contributed by atoms with Crippen molar-refractivity contribution < 1.29 is 0 Å². The maximum Gasteiger partial charge on any atom is 0.192 e. The van der Waals surface area contributed by atoms with E-state index >= 15 is 0 Å². The van der Waals surface area contributed by atoms with Gasteiger partial charge in [-0.2, -0.15) is 0 Å². The Morgan fingerprint density at radius 1 is 0.875 bits per heavy atom. The van der Waals surface area contributed by atoms with Crippen molar-refractivity contribution in [2.75, 3.05) is 0 Å². The summed E-state index contributed by atoms with van der Waals surface area (Å²) in [5.41, 5.74) is 0. The zero-order valence-electron chi connectivity index (χ0n) is 9.95. The summed E-state index contributed by atoms with van der Waals surface area (Å²) >= 11 is 23.1. The van der Waals surface area contributed by atoms with Crippen molar-refractivity contribution in [2.45, 2.75) is 73.9 Å². The second kappa shape index (κ2) is 10.1. The van der Waals surface area contributed by atoms with Crippen LogP contribution in [0, 0.1) is 0 Å². The lowest BCUT2D eigenvalue weighted by Gasteiger charge is -2.15. The topological polar surface area (TPSA) is 0 Å². The number of hydrogen-bond donors (Lipinski definition) is 0. The van der Waals surface area contributed by atoms with Gasteiger partial charge < -0.3 is 0 Å². The van der Waals surface area contributed by atoms with Crippen molar-refractivity contribution in [3.8, 4) is 0 Å². The molecule has 16 heavy (non-hydrogen) atoms. The molecule has 1 atom stereocenters. The molecule has 0 spiro atoms. The molecule has 0 aromatic rings. The lowest BCUT2D eigenvalue weighted by atomic mass is 10.1. The predicted octanol–water partition coefficient (Wildman–Crippen LogP) is 6.49. The minimum atomic E-state index is -1.20. The molecule has 0 aliphatic carbocycles. The Morgan fingerprint density at radius 2 is 1.38 bits per heavy atom. The Balaban J connectivity index is 3.25. The third-order valence-electron chi connectivity index (χ3n) is 2.57. The van der Waals surface area contributed by atoms with E-state index in [0.717, 1.165) is 12.8 Å². The van der Waals surface area contributed by atoms with E-state index in [2.05, 4.69) is 6.92 Å². The number of alkyl halides is 4. The fraction of sp³-hybridized carbons (Fsp3) is 1.00. The average molecular weight is 308 g/mol. The first kappa shape index (κ1) is 17.2. The van der Waals surface area contributed by atoms with E-state index in [1.165, 1.54) is 38.5 Å². The molecule has 4 heteroatoms. The van der Waals surface area contributed by atoms with Crippen molar-refractivity contribution in [3.05, 3.63) is 0 Å². The lowest BCUT2D eigenvalue weighted by molar-refractivity contribution is 0.561. The zero-order valence-corrected chi connectivity index (χ0v) is 13.0. The fourth-order valence-electron chi connectivity index (χ4n) is 1.68. The molecule has 0 aromatic carbocycles. The summed E-state index contributed by atoms with van der Waals surface area (Å²) in [4.78, 5) is 0. The number of halogens is 4. The van der Waals surface area contributed by atoms with Gasteiger partial charge in [-0.1, -0.05) is 86.7 Å². The molecule has 0 radical (unpaired) electrons. The van der Waals surface area contributed by atoms with E-state index in [0.29, 0.717) is 6.42 Å². The molecule has 0 aliphatic rings. The Hall–Kier alpha value is 1.16. The van der Waals surface area contributed by atoms with Crippen LogP contribution in [0.25, 0.3) is 0 Å². The third kappa shape index (κ3) is 13.2. The normalized spacial score (nSPS) is 14.1. The van der Waals surface area contributed by atoms with Crippen LogP contribution in [0.4, 0.5) is 0 Å². The number of unbranched alkanes of at least 4 members (excludes halogenated alkanes) is 6. The third-order valence-corrected chi connectivity index (χ3v) is 3.41. The van der Waals surface area contributed by atoms with Crippen molar-refractivity contribution in [3.63, 3.8) is 0 Å². The van der Waals surface area contributed by atoms with Crippen LogP contribution in [0.2, 0.25) is 0 Å².